The summed E-state index contributed by atoms with van der Waals surface area (Å²) in [5.74, 6) is -1.33. The van der Waals surface area contributed by atoms with Crippen molar-refractivity contribution in [1.82, 2.24) is 9.88 Å². The number of hydrogen-bond donors (Lipinski definition) is 1. The van der Waals surface area contributed by atoms with Gasteiger partial charge >= 0.3 is 0 Å². The van der Waals surface area contributed by atoms with Gasteiger partial charge in [0.15, 0.2) is 0 Å². The molecule has 1 N–H and O–H groups in total. The number of anilines is 1. The van der Waals surface area contributed by atoms with Crippen LogP contribution in [0, 0.1) is 11.7 Å². The molecule has 0 fully saturated rings. The van der Waals surface area contributed by atoms with Gasteiger partial charge in [-0.15, -0.1) is 0 Å². The van der Waals surface area contributed by atoms with E-state index in [1.807, 2.05) is 44.2 Å². The van der Waals surface area contributed by atoms with E-state index < -0.39 is 11.9 Å². The standard InChI is InChI=1S/C21H24FN3O3/c1-3-14(2)20-21(27)24-18-10-23-9-17(22)16(18)11-25(20)19(26)13-28-12-15-7-5-4-6-8-15/h4-10,14,20H,3,11-13H2,1-2H3,(H,24,27). The van der Waals surface area contributed by atoms with Gasteiger partial charge in [-0.1, -0.05) is 50.6 Å². The summed E-state index contributed by atoms with van der Waals surface area (Å²) >= 11 is 0. The van der Waals surface area contributed by atoms with Crippen molar-refractivity contribution in [2.45, 2.75) is 39.5 Å². The average molecular weight is 385 g/mol. The molecule has 0 saturated heterocycles. The summed E-state index contributed by atoms with van der Waals surface area (Å²) < 4.78 is 19.9. The summed E-state index contributed by atoms with van der Waals surface area (Å²) in [6, 6.07) is 8.81. The summed E-state index contributed by atoms with van der Waals surface area (Å²) in [5.41, 5.74) is 1.51. The first-order valence-corrected chi connectivity index (χ1v) is 9.35. The molecule has 2 heterocycles. The Morgan fingerprint density at radius 2 is 2.11 bits per heavy atom. The number of rotatable bonds is 6. The molecule has 0 spiro atoms. The van der Waals surface area contributed by atoms with E-state index >= 15 is 0 Å². The molecule has 1 aliphatic heterocycles. The third-order valence-corrected chi connectivity index (χ3v) is 5.04. The molecule has 2 unspecified atom stereocenters. The number of hydrogen-bond acceptors (Lipinski definition) is 4. The smallest absolute Gasteiger partial charge is 0.249 e. The minimum absolute atomic E-state index is 0.00896. The highest BCUT2D eigenvalue weighted by Gasteiger charge is 2.37. The fraction of sp³-hybridized carbons (Fsp3) is 0.381. The minimum Gasteiger partial charge on any atom is -0.367 e. The van der Waals surface area contributed by atoms with E-state index in [1.165, 1.54) is 11.1 Å². The van der Waals surface area contributed by atoms with E-state index in [2.05, 4.69) is 10.3 Å². The fourth-order valence-electron chi connectivity index (χ4n) is 3.29. The molecule has 2 atom stereocenters. The van der Waals surface area contributed by atoms with Gasteiger partial charge in [-0.05, 0) is 11.5 Å². The van der Waals surface area contributed by atoms with Crippen molar-refractivity contribution in [2.75, 3.05) is 11.9 Å². The lowest BCUT2D eigenvalue weighted by atomic mass is 9.96. The largest absolute Gasteiger partial charge is 0.367 e. The second-order valence-electron chi connectivity index (χ2n) is 6.97. The molecule has 2 aromatic rings. The summed E-state index contributed by atoms with van der Waals surface area (Å²) in [4.78, 5) is 30.9. The van der Waals surface area contributed by atoms with Crippen LogP contribution in [0.5, 0.6) is 0 Å². The molecule has 28 heavy (non-hydrogen) atoms. The lowest BCUT2D eigenvalue weighted by Crippen LogP contribution is -2.50. The Morgan fingerprint density at radius 3 is 2.82 bits per heavy atom. The number of amides is 2. The number of pyridine rings is 1. The summed E-state index contributed by atoms with van der Waals surface area (Å²) in [6.07, 6.45) is 3.19. The molecule has 3 rings (SSSR count). The molecule has 0 aliphatic carbocycles. The van der Waals surface area contributed by atoms with E-state index in [4.69, 9.17) is 4.74 Å². The predicted octanol–water partition coefficient (Wildman–Crippen LogP) is 3.13. The molecule has 1 aromatic carbocycles. The molecular formula is C21H24FN3O3. The van der Waals surface area contributed by atoms with Crippen LogP contribution in [-0.4, -0.2) is 34.3 Å². The van der Waals surface area contributed by atoms with E-state index in [9.17, 15) is 14.0 Å². The van der Waals surface area contributed by atoms with Crippen molar-refractivity contribution in [2.24, 2.45) is 5.92 Å². The van der Waals surface area contributed by atoms with Gasteiger partial charge in [0, 0.05) is 5.56 Å². The topological polar surface area (TPSA) is 71.5 Å². The first-order chi connectivity index (χ1) is 13.5. The normalized spacial score (nSPS) is 17.5. The van der Waals surface area contributed by atoms with E-state index in [1.54, 1.807) is 0 Å². The zero-order chi connectivity index (χ0) is 20.1. The van der Waals surface area contributed by atoms with Gasteiger partial charge in [-0.25, -0.2) is 4.39 Å². The second kappa shape index (κ2) is 8.93. The average Bonchev–Trinajstić information content (AvgIpc) is 2.85. The van der Waals surface area contributed by atoms with Crippen LogP contribution in [0.15, 0.2) is 42.7 Å². The lowest BCUT2D eigenvalue weighted by Gasteiger charge is -2.32. The van der Waals surface area contributed by atoms with Crippen LogP contribution < -0.4 is 5.32 Å². The number of halogens is 1. The Balaban J connectivity index is 1.80. The van der Waals surface area contributed by atoms with Crippen molar-refractivity contribution >= 4 is 17.5 Å². The van der Waals surface area contributed by atoms with Crippen molar-refractivity contribution in [3.05, 3.63) is 59.7 Å². The summed E-state index contributed by atoms with van der Waals surface area (Å²) in [5, 5.41) is 2.72. The zero-order valence-electron chi connectivity index (χ0n) is 16.0. The number of nitrogens with zero attached hydrogens (tertiary/aromatic N) is 2. The van der Waals surface area contributed by atoms with Crippen LogP contribution in [0.2, 0.25) is 0 Å². The number of fused-ring (bicyclic) bond motifs is 1. The Hall–Kier alpha value is -2.80. The van der Waals surface area contributed by atoms with Crippen molar-refractivity contribution < 1.29 is 18.7 Å². The molecule has 7 heteroatoms. The van der Waals surface area contributed by atoms with Gasteiger partial charge in [0.1, 0.15) is 18.5 Å². The highest BCUT2D eigenvalue weighted by molar-refractivity contribution is 5.99. The van der Waals surface area contributed by atoms with Gasteiger partial charge in [0.25, 0.3) is 0 Å². The Labute approximate surface area is 163 Å². The third-order valence-electron chi connectivity index (χ3n) is 5.04. The Kier molecular flexibility index (Phi) is 6.36. The maximum absolute atomic E-state index is 14.3. The molecule has 0 saturated carbocycles. The zero-order valence-corrected chi connectivity index (χ0v) is 16.0. The number of ether oxygens (including phenoxy) is 1. The van der Waals surface area contributed by atoms with Gasteiger partial charge in [-0.3, -0.25) is 14.6 Å². The second-order valence-corrected chi connectivity index (χ2v) is 6.97. The van der Waals surface area contributed by atoms with E-state index in [0.717, 1.165) is 11.8 Å². The Bertz CT molecular complexity index is 844. The van der Waals surface area contributed by atoms with Crippen LogP contribution in [0.25, 0.3) is 0 Å². The molecule has 6 nitrogen and oxygen atoms in total. The monoisotopic (exact) mass is 385 g/mol. The highest BCUT2D eigenvalue weighted by Crippen LogP contribution is 2.28. The Morgan fingerprint density at radius 1 is 1.36 bits per heavy atom. The lowest BCUT2D eigenvalue weighted by molar-refractivity contribution is -0.145. The number of carbonyl (C=O) groups is 2. The molecular weight excluding hydrogens is 361 g/mol. The van der Waals surface area contributed by atoms with Gasteiger partial charge < -0.3 is 15.0 Å². The molecule has 2 amide bonds. The number of nitrogens with one attached hydrogen (secondary N) is 1. The molecule has 1 aromatic heterocycles. The van der Waals surface area contributed by atoms with Gasteiger partial charge in [0.05, 0.1) is 31.2 Å². The van der Waals surface area contributed by atoms with E-state index in [-0.39, 0.29) is 43.1 Å². The van der Waals surface area contributed by atoms with Crippen LogP contribution in [0.4, 0.5) is 10.1 Å². The highest BCUT2D eigenvalue weighted by atomic mass is 19.1. The van der Waals surface area contributed by atoms with Crippen LogP contribution >= 0.6 is 0 Å². The molecule has 1 aliphatic rings. The van der Waals surface area contributed by atoms with E-state index in [0.29, 0.717) is 12.1 Å². The van der Waals surface area contributed by atoms with Crippen LogP contribution in [0.1, 0.15) is 31.4 Å². The number of carbonyl (C=O) groups excluding carboxylic acids is 2. The number of benzene rings is 1. The van der Waals surface area contributed by atoms with Gasteiger partial charge in [-0.2, -0.15) is 0 Å². The van der Waals surface area contributed by atoms with Crippen LogP contribution in [0.3, 0.4) is 0 Å². The van der Waals surface area contributed by atoms with Gasteiger partial charge in [0.2, 0.25) is 11.8 Å². The first kappa shape index (κ1) is 19.9. The molecule has 0 bridgehead atoms. The SMILES string of the molecule is CCC(C)C1C(=O)Nc2cncc(F)c2CN1C(=O)COCc1ccccc1. The quantitative estimate of drug-likeness (QED) is 0.829. The summed E-state index contributed by atoms with van der Waals surface area (Å²) in [7, 11) is 0. The minimum atomic E-state index is -0.704. The maximum Gasteiger partial charge on any atom is 0.249 e. The fourth-order valence-corrected chi connectivity index (χ4v) is 3.29. The molecule has 148 valence electrons. The van der Waals surface area contributed by atoms with Crippen molar-refractivity contribution in [3.63, 3.8) is 0 Å². The van der Waals surface area contributed by atoms with Crippen molar-refractivity contribution in [1.29, 1.82) is 0 Å². The van der Waals surface area contributed by atoms with Crippen LogP contribution in [-0.2, 0) is 27.5 Å². The first-order valence-electron chi connectivity index (χ1n) is 9.35. The predicted molar refractivity (Wildman–Crippen MR) is 103 cm³/mol. The summed E-state index contributed by atoms with van der Waals surface area (Å²) in [6.45, 7) is 3.95. The van der Waals surface area contributed by atoms with Crippen molar-refractivity contribution in [3.8, 4) is 0 Å². The number of aromatic nitrogens is 1. The third kappa shape index (κ3) is 4.36. The maximum atomic E-state index is 14.3. The molecule has 0 radical (unpaired) electrons.